The van der Waals surface area contributed by atoms with Gasteiger partial charge in [0.15, 0.2) is 0 Å². The molecule has 0 bridgehead atoms. The van der Waals surface area contributed by atoms with Crippen LogP contribution in [0.3, 0.4) is 0 Å². The number of aromatic nitrogens is 1. The van der Waals surface area contributed by atoms with Gasteiger partial charge in [-0.2, -0.15) is 0 Å². The molecule has 1 aromatic heterocycles. The minimum Gasteiger partial charge on any atom is -0.497 e. The van der Waals surface area contributed by atoms with E-state index in [9.17, 15) is 0 Å². The summed E-state index contributed by atoms with van der Waals surface area (Å²) in [6, 6.07) is 7.96. The quantitative estimate of drug-likeness (QED) is 0.936. The Hall–Kier alpha value is -1.52. The second-order valence-corrected chi connectivity index (χ2v) is 4.40. The first-order valence-corrected chi connectivity index (χ1v) is 5.91. The van der Waals surface area contributed by atoms with E-state index in [1.807, 2.05) is 25.1 Å². The van der Waals surface area contributed by atoms with E-state index in [-0.39, 0.29) is 18.4 Å². The molecular weight excluding hydrogens is 264 g/mol. The third-order valence-electron chi connectivity index (χ3n) is 2.80. The Morgan fingerprint density at radius 1 is 1.21 bits per heavy atom. The number of nitrogens with two attached hydrogens (primary N) is 1. The molecule has 0 aliphatic rings. The summed E-state index contributed by atoms with van der Waals surface area (Å²) in [7, 11) is 3.27. The third kappa shape index (κ3) is 3.49. The van der Waals surface area contributed by atoms with Gasteiger partial charge < -0.3 is 15.2 Å². The standard InChI is InChI=1S/C14H18N2O2.ClH/c1-9(15)6-11-7-10-4-5-12(17-2)8-13(10)16-14(11)18-3;/h4-5,7-9H,6,15H2,1-3H3;1H. The minimum atomic E-state index is 0. The highest BCUT2D eigenvalue weighted by Crippen LogP contribution is 2.26. The van der Waals surface area contributed by atoms with Crippen molar-refractivity contribution < 1.29 is 9.47 Å². The van der Waals surface area contributed by atoms with Gasteiger partial charge in [0.05, 0.1) is 19.7 Å². The van der Waals surface area contributed by atoms with Crippen molar-refractivity contribution in [2.45, 2.75) is 19.4 Å². The lowest BCUT2D eigenvalue weighted by atomic mass is 10.1. The van der Waals surface area contributed by atoms with Crippen molar-refractivity contribution in [2.24, 2.45) is 5.73 Å². The Bertz CT molecular complexity index is 558. The van der Waals surface area contributed by atoms with Gasteiger partial charge in [-0.15, -0.1) is 12.4 Å². The van der Waals surface area contributed by atoms with Gasteiger partial charge in [-0.3, -0.25) is 0 Å². The molecule has 0 spiro atoms. The molecule has 0 aliphatic carbocycles. The second kappa shape index (κ2) is 6.59. The molecule has 1 aromatic carbocycles. The maximum absolute atomic E-state index is 5.83. The maximum atomic E-state index is 5.83. The molecule has 1 heterocycles. The van der Waals surface area contributed by atoms with Gasteiger partial charge in [0.1, 0.15) is 5.75 Å². The van der Waals surface area contributed by atoms with Crippen LogP contribution in [0.4, 0.5) is 0 Å². The maximum Gasteiger partial charge on any atom is 0.216 e. The number of halogens is 1. The van der Waals surface area contributed by atoms with Crippen LogP contribution >= 0.6 is 12.4 Å². The SMILES string of the molecule is COc1ccc2cc(CC(C)N)c(OC)nc2c1.Cl. The van der Waals surface area contributed by atoms with Crippen molar-refractivity contribution in [3.63, 3.8) is 0 Å². The molecule has 2 N–H and O–H groups in total. The highest BCUT2D eigenvalue weighted by Gasteiger charge is 2.09. The lowest BCUT2D eigenvalue weighted by Crippen LogP contribution is -2.18. The van der Waals surface area contributed by atoms with Crippen LogP contribution in [-0.4, -0.2) is 25.2 Å². The van der Waals surface area contributed by atoms with Crippen molar-refractivity contribution in [3.8, 4) is 11.6 Å². The lowest BCUT2D eigenvalue weighted by molar-refractivity contribution is 0.392. The van der Waals surface area contributed by atoms with Crippen LogP contribution in [0.5, 0.6) is 11.6 Å². The van der Waals surface area contributed by atoms with E-state index in [4.69, 9.17) is 15.2 Å². The summed E-state index contributed by atoms with van der Waals surface area (Å²) < 4.78 is 10.5. The molecule has 2 aromatic rings. The lowest BCUT2D eigenvalue weighted by Gasteiger charge is -2.11. The number of rotatable bonds is 4. The molecule has 4 nitrogen and oxygen atoms in total. The monoisotopic (exact) mass is 282 g/mol. The van der Waals surface area contributed by atoms with Crippen LogP contribution in [0.2, 0.25) is 0 Å². The zero-order valence-electron chi connectivity index (χ0n) is 11.3. The number of pyridine rings is 1. The Morgan fingerprint density at radius 2 is 1.95 bits per heavy atom. The first-order valence-electron chi connectivity index (χ1n) is 5.91. The molecule has 0 amide bonds. The fourth-order valence-electron chi connectivity index (χ4n) is 1.97. The Kier molecular flexibility index (Phi) is 5.39. The average molecular weight is 283 g/mol. The van der Waals surface area contributed by atoms with Gasteiger partial charge in [-0.05, 0) is 31.5 Å². The molecule has 0 saturated heterocycles. The number of nitrogens with zero attached hydrogens (tertiary/aromatic N) is 1. The molecule has 0 radical (unpaired) electrons. The summed E-state index contributed by atoms with van der Waals surface area (Å²) >= 11 is 0. The van der Waals surface area contributed by atoms with E-state index in [0.717, 1.165) is 28.6 Å². The predicted octanol–water partition coefficient (Wildman–Crippen LogP) is 2.56. The molecule has 5 heteroatoms. The number of benzene rings is 1. The summed E-state index contributed by atoms with van der Waals surface area (Å²) in [5, 5.41) is 1.06. The number of hydrogen-bond donors (Lipinski definition) is 1. The first-order chi connectivity index (χ1) is 8.63. The molecule has 2 rings (SSSR count). The smallest absolute Gasteiger partial charge is 0.216 e. The molecule has 19 heavy (non-hydrogen) atoms. The van der Waals surface area contributed by atoms with Crippen molar-refractivity contribution in [1.82, 2.24) is 4.98 Å². The van der Waals surface area contributed by atoms with Gasteiger partial charge in [-0.1, -0.05) is 0 Å². The summed E-state index contributed by atoms with van der Waals surface area (Å²) in [5.41, 5.74) is 7.73. The average Bonchev–Trinajstić information content (AvgIpc) is 2.36. The normalized spacial score (nSPS) is 11.8. The number of fused-ring (bicyclic) bond motifs is 1. The Labute approximate surface area is 119 Å². The fraction of sp³-hybridized carbons (Fsp3) is 0.357. The van der Waals surface area contributed by atoms with E-state index in [1.165, 1.54) is 0 Å². The molecular formula is C14H19ClN2O2. The summed E-state index contributed by atoms with van der Waals surface area (Å²) in [6.45, 7) is 1.97. The van der Waals surface area contributed by atoms with Gasteiger partial charge >= 0.3 is 0 Å². The Morgan fingerprint density at radius 3 is 2.53 bits per heavy atom. The van der Waals surface area contributed by atoms with Crippen LogP contribution < -0.4 is 15.2 Å². The van der Waals surface area contributed by atoms with Gasteiger partial charge in [0, 0.05) is 23.1 Å². The van der Waals surface area contributed by atoms with Crippen LogP contribution in [0.25, 0.3) is 10.9 Å². The molecule has 1 unspecified atom stereocenters. The van der Waals surface area contributed by atoms with Crippen molar-refractivity contribution in [3.05, 3.63) is 29.8 Å². The van der Waals surface area contributed by atoms with Crippen molar-refractivity contribution in [2.75, 3.05) is 14.2 Å². The highest BCUT2D eigenvalue weighted by molar-refractivity contribution is 5.85. The van der Waals surface area contributed by atoms with Crippen LogP contribution in [-0.2, 0) is 6.42 Å². The third-order valence-corrected chi connectivity index (χ3v) is 2.80. The first kappa shape index (κ1) is 15.5. The van der Waals surface area contributed by atoms with Gasteiger partial charge in [0.25, 0.3) is 0 Å². The number of methoxy groups -OCH3 is 2. The molecule has 0 fully saturated rings. The minimum absolute atomic E-state index is 0. The van der Waals surface area contributed by atoms with Gasteiger partial charge in [-0.25, -0.2) is 4.98 Å². The summed E-state index contributed by atoms with van der Waals surface area (Å²) in [6.07, 6.45) is 0.748. The zero-order chi connectivity index (χ0) is 13.1. The molecule has 0 aliphatic heterocycles. The van der Waals surface area contributed by atoms with Gasteiger partial charge in [0.2, 0.25) is 5.88 Å². The summed E-state index contributed by atoms with van der Waals surface area (Å²) in [5.74, 6) is 1.42. The van der Waals surface area contributed by atoms with Crippen molar-refractivity contribution >= 4 is 23.3 Å². The molecule has 0 saturated carbocycles. The van der Waals surface area contributed by atoms with Crippen LogP contribution in [0, 0.1) is 0 Å². The van der Waals surface area contributed by atoms with Crippen molar-refractivity contribution in [1.29, 1.82) is 0 Å². The highest BCUT2D eigenvalue weighted by atomic mass is 35.5. The topological polar surface area (TPSA) is 57.4 Å². The zero-order valence-corrected chi connectivity index (χ0v) is 12.2. The second-order valence-electron chi connectivity index (χ2n) is 4.40. The van der Waals surface area contributed by atoms with E-state index >= 15 is 0 Å². The van der Waals surface area contributed by atoms with Crippen LogP contribution in [0.15, 0.2) is 24.3 Å². The summed E-state index contributed by atoms with van der Waals surface area (Å²) in [4.78, 5) is 4.50. The van der Waals surface area contributed by atoms with E-state index in [2.05, 4.69) is 11.1 Å². The molecule has 1 atom stereocenters. The van der Waals surface area contributed by atoms with Crippen LogP contribution in [0.1, 0.15) is 12.5 Å². The molecule has 104 valence electrons. The predicted molar refractivity (Wildman–Crippen MR) is 79.4 cm³/mol. The number of hydrogen-bond acceptors (Lipinski definition) is 4. The van der Waals surface area contributed by atoms with E-state index in [0.29, 0.717) is 5.88 Å². The Balaban J connectivity index is 0.00000180. The largest absolute Gasteiger partial charge is 0.497 e. The fourth-order valence-corrected chi connectivity index (χ4v) is 1.97. The van der Waals surface area contributed by atoms with E-state index in [1.54, 1.807) is 14.2 Å². The number of ether oxygens (including phenoxy) is 2. The van der Waals surface area contributed by atoms with E-state index < -0.39 is 0 Å².